The van der Waals surface area contributed by atoms with Gasteiger partial charge in [-0.3, -0.25) is 4.79 Å². The van der Waals surface area contributed by atoms with Crippen molar-refractivity contribution in [2.45, 2.75) is 26.8 Å². The Morgan fingerprint density at radius 1 is 0.882 bits per heavy atom. The molecule has 176 valence electrons. The minimum Gasteiger partial charge on any atom is -0.497 e. The Bertz CT molecular complexity index is 1250. The fraction of sp³-hybridized carbons (Fsp3) is 0.280. The molecule has 0 bridgehead atoms. The fourth-order valence-corrected chi connectivity index (χ4v) is 3.34. The molecule has 4 rings (SSSR count). The summed E-state index contributed by atoms with van der Waals surface area (Å²) in [6.07, 6.45) is 0. The molecule has 2 aromatic heterocycles. The highest BCUT2D eigenvalue weighted by Crippen LogP contribution is 2.33. The summed E-state index contributed by atoms with van der Waals surface area (Å²) in [5.74, 6) is 2.24. The van der Waals surface area contributed by atoms with Crippen molar-refractivity contribution in [3.8, 4) is 34.2 Å². The Hall–Kier alpha value is -4.14. The number of benzene rings is 2. The maximum atomic E-state index is 13.0. The van der Waals surface area contributed by atoms with Crippen molar-refractivity contribution in [1.29, 1.82) is 0 Å². The first kappa shape index (κ1) is 23.0. The largest absolute Gasteiger partial charge is 0.497 e. The number of rotatable bonds is 7. The summed E-state index contributed by atoms with van der Waals surface area (Å²) in [6.45, 7) is 5.92. The van der Waals surface area contributed by atoms with Crippen LogP contribution in [0, 0.1) is 5.41 Å². The van der Waals surface area contributed by atoms with E-state index in [0.29, 0.717) is 17.5 Å². The smallest absolute Gasteiger partial charge is 0.274 e. The van der Waals surface area contributed by atoms with Crippen LogP contribution in [-0.2, 0) is 0 Å². The Balaban J connectivity index is 1.53. The van der Waals surface area contributed by atoms with E-state index in [2.05, 4.69) is 20.6 Å². The van der Waals surface area contributed by atoms with Crippen LogP contribution >= 0.6 is 0 Å². The molecular formula is C25H26N4O5. The monoisotopic (exact) mass is 462 g/mol. The van der Waals surface area contributed by atoms with Crippen molar-refractivity contribution in [3.63, 3.8) is 0 Å². The second-order valence-electron chi connectivity index (χ2n) is 8.76. The lowest BCUT2D eigenvalue weighted by molar-refractivity contribution is 0.0871. The topological polar surface area (TPSA) is 113 Å². The lowest BCUT2D eigenvalue weighted by Crippen LogP contribution is -2.37. The zero-order valence-corrected chi connectivity index (χ0v) is 19.7. The minimum atomic E-state index is -0.555. The molecule has 34 heavy (non-hydrogen) atoms. The molecule has 0 aliphatic rings. The molecule has 0 aliphatic heterocycles. The summed E-state index contributed by atoms with van der Waals surface area (Å²) < 4.78 is 21.3. The van der Waals surface area contributed by atoms with Gasteiger partial charge in [0, 0.05) is 17.2 Å². The van der Waals surface area contributed by atoms with E-state index in [0.717, 1.165) is 22.6 Å². The number of methoxy groups -OCH3 is 2. The fourth-order valence-electron chi connectivity index (χ4n) is 3.34. The summed E-state index contributed by atoms with van der Waals surface area (Å²) >= 11 is 0. The molecule has 1 N–H and O–H groups in total. The zero-order valence-electron chi connectivity index (χ0n) is 19.7. The van der Waals surface area contributed by atoms with Gasteiger partial charge in [-0.1, -0.05) is 31.1 Å². The van der Waals surface area contributed by atoms with E-state index in [1.807, 2.05) is 69.3 Å². The maximum Gasteiger partial charge on any atom is 0.274 e. The first-order valence-electron chi connectivity index (χ1n) is 10.7. The highest BCUT2D eigenvalue weighted by molar-refractivity contribution is 5.93. The molecule has 1 atom stereocenters. The second kappa shape index (κ2) is 9.38. The van der Waals surface area contributed by atoms with Crippen molar-refractivity contribution >= 4 is 5.91 Å². The summed E-state index contributed by atoms with van der Waals surface area (Å²) in [6, 6.07) is 15.6. The molecule has 0 aliphatic carbocycles. The molecule has 0 saturated heterocycles. The van der Waals surface area contributed by atoms with Crippen LogP contribution in [0.1, 0.15) is 43.2 Å². The van der Waals surface area contributed by atoms with Crippen molar-refractivity contribution in [3.05, 3.63) is 66.2 Å². The van der Waals surface area contributed by atoms with Gasteiger partial charge in [-0.2, -0.15) is 4.98 Å². The predicted molar refractivity (Wildman–Crippen MR) is 124 cm³/mol. The third-order valence-corrected chi connectivity index (χ3v) is 5.30. The van der Waals surface area contributed by atoms with Crippen LogP contribution in [0.25, 0.3) is 22.7 Å². The Kier molecular flexibility index (Phi) is 6.36. The lowest BCUT2D eigenvalue weighted by Gasteiger charge is -2.27. The number of ether oxygens (including phenoxy) is 2. The van der Waals surface area contributed by atoms with E-state index in [4.69, 9.17) is 18.5 Å². The number of nitrogens with zero attached hydrogens (tertiary/aromatic N) is 3. The summed E-state index contributed by atoms with van der Waals surface area (Å²) in [4.78, 5) is 17.5. The third-order valence-electron chi connectivity index (χ3n) is 5.30. The molecule has 1 amide bonds. The Morgan fingerprint density at radius 2 is 1.47 bits per heavy atom. The minimum absolute atomic E-state index is 0.148. The second-order valence-corrected chi connectivity index (χ2v) is 8.76. The van der Waals surface area contributed by atoms with Gasteiger partial charge in [0.25, 0.3) is 5.91 Å². The van der Waals surface area contributed by atoms with Gasteiger partial charge in [-0.05, 0) is 53.9 Å². The van der Waals surface area contributed by atoms with E-state index < -0.39 is 17.4 Å². The van der Waals surface area contributed by atoms with E-state index in [-0.39, 0.29) is 5.69 Å². The quantitative estimate of drug-likeness (QED) is 0.412. The third kappa shape index (κ3) is 4.93. The number of carbonyl (C=O) groups is 1. The Labute approximate surface area is 197 Å². The number of nitrogens with one attached hydrogen (secondary N) is 1. The van der Waals surface area contributed by atoms with Crippen molar-refractivity contribution in [1.82, 2.24) is 20.6 Å². The predicted octanol–water partition coefficient (Wildman–Crippen LogP) is 4.93. The number of carbonyl (C=O) groups excluding carboxylic acids is 1. The van der Waals surface area contributed by atoms with E-state index in [1.165, 1.54) is 0 Å². The van der Waals surface area contributed by atoms with Crippen LogP contribution in [0.15, 0.2) is 63.6 Å². The van der Waals surface area contributed by atoms with Gasteiger partial charge in [-0.25, -0.2) is 0 Å². The van der Waals surface area contributed by atoms with E-state index in [1.54, 1.807) is 20.3 Å². The molecule has 0 fully saturated rings. The lowest BCUT2D eigenvalue weighted by atomic mass is 9.86. The standard InChI is InChI=1S/C25H26N4O5/c1-25(2,3)21(24-27-22(29-34-24)16-8-12-18(32-5)13-9-16)26-23(30)19-14-20(33-28-19)15-6-10-17(31-4)11-7-15/h6-14,21H,1-5H3,(H,26,30). The molecule has 0 saturated carbocycles. The van der Waals surface area contributed by atoms with Gasteiger partial charge in [0.2, 0.25) is 11.7 Å². The molecule has 9 heteroatoms. The maximum absolute atomic E-state index is 13.0. The van der Waals surface area contributed by atoms with Gasteiger partial charge in [-0.15, -0.1) is 0 Å². The van der Waals surface area contributed by atoms with Crippen molar-refractivity contribution < 1.29 is 23.3 Å². The van der Waals surface area contributed by atoms with E-state index in [9.17, 15) is 4.79 Å². The molecule has 1 unspecified atom stereocenters. The summed E-state index contributed by atoms with van der Waals surface area (Å²) in [5, 5.41) is 11.0. The molecule has 0 spiro atoms. The average Bonchev–Trinajstić information content (AvgIpc) is 3.52. The molecule has 4 aromatic rings. The Morgan fingerprint density at radius 3 is 2.03 bits per heavy atom. The summed E-state index contributed by atoms with van der Waals surface area (Å²) in [7, 11) is 3.20. The highest BCUT2D eigenvalue weighted by atomic mass is 16.5. The number of hydrogen-bond donors (Lipinski definition) is 1. The van der Waals surface area contributed by atoms with Crippen LogP contribution < -0.4 is 14.8 Å². The number of aromatic nitrogens is 3. The van der Waals surface area contributed by atoms with Gasteiger partial charge in [0.15, 0.2) is 11.5 Å². The molecule has 2 aromatic carbocycles. The molecular weight excluding hydrogens is 436 g/mol. The van der Waals surface area contributed by atoms with Crippen LogP contribution in [0.5, 0.6) is 11.5 Å². The van der Waals surface area contributed by atoms with E-state index >= 15 is 0 Å². The van der Waals surface area contributed by atoms with Crippen LogP contribution in [0.2, 0.25) is 0 Å². The molecule has 0 radical (unpaired) electrons. The average molecular weight is 463 g/mol. The summed E-state index contributed by atoms with van der Waals surface area (Å²) in [5.41, 5.74) is 1.29. The first-order valence-corrected chi connectivity index (χ1v) is 10.7. The normalized spacial score (nSPS) is 12.3. The van der Waals surface area contributed by atoms with Gasteiger partial charge in [0.1, 0.15) is 17.5 Å². The van der Waals surface area contributed by atoms with Gasteiger partial charge >= 0.3 is 0 Å². The van der Waals surface area contributed by atoms with Crippen molar-refractivity contribution in [2.24, 2.45) is 5.41 Å². The number of amides is 1. The van der Waals surface area contributed by atoms with Gasteiger partial charge < -0.3 is 23.8 Å². The van der Waals surface area contributed by atoms with Crippen LogP contribution in [0.4, 0.5) is 0 Å². The molecule has 9 nitrogen and oxygen atoms in total. The SMILES string of the molecule is COc1ccc(-c2noc(C(NC(=O)c3cc(-c4ccc(OC)cc4)on3)C(C)(C)C)n2)cc1. The zero-order chi connectivity index (χ0) is 24.3. The van der Waals surface area contributed by atoms with Crippen LogP contribution in [-0.4, -0.2) is 35.4 Å². The van der Waals surface area contributed by atoms with Gasteiger partial charge in [0.05, 0.1) is 14.2 Å². The highest BCUT2D eigenvalue weighted by Gasteiger charge is 2.34. The van der Waals surface area contributed by atoms with Crippen LogP contribution in [0.3, 0.4) is 0 Å². The molecule has 2 heterocycles. The number of hydrogen-bond acceptors (Lipinski definition) is 8. The first-order chi connectivity index (χ1) is 16.3. The van der Waals surface area contributed by atoms with Crippen molar-refractivity contribution in [2.75, 3.05) is 14.2 Å².